The Bertz CT molecular complexity index is 1380. The molecule has 3 heterocycles. The highest BCUT2D eigenvalue weighted by atomic mass is 32.2. The molecular formula is C27H30FN5O3S2. The van der Waals surface area contributed by atoms with Crippen molar-refractivity contribution in [3.05, 3.63) is 62.0 Å². The summed E-state index contributed by atoms with van der Waals surface area (Å²) in [5.74, 6) is 0.194. The normalized spacial score (nSPS) is 17.0. The largest absolute Gasteiger partial charge is 0.385 e. The standard InChI is InChI=1S/C27H30FN5O3S2/c1-4-32-24(31-13-11-30(12-14-31)22-9-6-5-8-21(22)28)19(18(2)20(17-29)25(32)34)16-23-26(35)33(27(37)38-23)10-7-15-36-3/h5-6,8-9,16H,4,7,10-15H2,1-3H3/b23-16-. The molecule has 0 radical (unpaired) electrons. The molecule has 2 aliphatic heterocycles. The molecule has 0 aliphatic carbocycles. The third-order valence-corrected chi connectivity index (χ3v) is 8.19. The summed E-state index contributed by atoms with van der Waals surface area (Å²) in [7, 11) is 1.61. The molecule has 2 aliphatic rings. The molecule has 0 unspecified atom stereocenters. The molecule has 200 valence electrons. The van der Waals surface area contributed by atoms with E-state index in [9.17, 15) is 19.2 Å². The van der Waals surface area contributed by atoms with Gasteiger partial charge in [-0.25, -0.2) is 4.39 Å². The average molecular weight is 556 g/mol. The number of halogens is 1. The zero-order valence-electron chi connectivity index (χ0n) is 21.7. The number of rotatable bonds is 8. The number of amides is 1. The summed E-state index contributed by atoms with van der Waals surface area (Å²) < 4.78 is 21.6. The van der Waals surface area contributed by atoms with E-state index in [-0.39, 0.29) is 22.8 Å². The average Bonchev–Trinajstić information content (AvgIpc) is 3.18. The van der Waals surface area contributed by atoms with Gasteiger partial charge >= 0.3 is 0 Å². The highest BCUT2D eigenvalue weighted by molar-refractivity contribution is 8.26. The topological polar surface area (TPSA) is 81.8 Å². The predicted octanol–water partition coefficient (Wildman–Crippen LogP) is 3.75. The number of carbonyl (C=O) groups excluding carboxylic acids is 1. The number of nitrogens with zero attached hydrogens (tertiary/aromatic N) is 5. The fourth-order valence-electron chi connectivity index (χ4n) is 4.84. The molecule has 2 fully saturated rings. The summed E-state index contributed by atoms with van der Waals surface area (Å²) in [6.45, 7) is 7.12. The highest BCUT2D eigenvalue weighted by Crippen LogP contribution is 2.36. The van der Waals surface area contributed by atoms with E-state index in [0.717, 1.165) is 0 Å². The molecule has 1 amide bonds. The quantitative estimate of drug-likeness (QED) is 0.277. The molecule has 0 bridgehead atoms. The number of anilines is 2. The van der Waals surface area contributed by atoms with E-state index in [1.807, 2.05) is 17.9 Å². The van der Waals surface area contributed by atoms with Crippen molar-refractivity contribution < 1.29 is 13.9 Å². The molecule has 11 heteroatoms. The first kappa shape index (κ1) is 27.8. The van der Waals surface area contributed by atoms with Crippen molar-refractivity contribution in [2.24, 2.45) is 0 Å². The van der Waals surface area contributed by atoms with Crippen molar-refractivity contribution in [1.29, 1.82) is 5.26 Å². The van der Waals surface area contributed by atoms with Crippen LogP contribution in [0.25, 0.3) is 6.08 Å². The molecule has 0 N–H and O–H groups in total. The Morgan fingerprint density at radius 2 is 1.87 bits per heavy atom. The lowest BCUT2D eigenvalue weighted by Crippen LogP contribution is -2.49. The van der Waals surface area contributed by atoms with Gasteiger partial charge in [-0.2, -0.15) is 5.26 Å². The number of piperazine rings is 1. The number of ether oxygens (including phenoxy) is 1. The minimum absolute atomic E-state index is 0.0578. The third-order valence-electron chi connectivity index (χ3n) is 6.81. The zero-order chi connectivity index (χ0) is 27.4. The van der Waals surface area contributed by atoms with Gasteiger partial charge < -0.3 is 14.5 Å². The number of hydrogen-bond acceptors (Lipinski definition) is 8. The van der Waals surface area contributed by atoms with E-state index in [1.54, 1.807) is 41.7 Å². The van der Waals surface area contributed by atoms with Crippen molar-refractivity contribution in [3.8, 4) is 6.07 Å². The second-order valence-electron chi connectivity index (χ2n) is 9.00. The summed E-state index contributed by atoms with van der Waals surface area (Å²) in [5.41, 5.74) is 1.43. The van der Waals surface area contributed by atoms with Crippen LogP contribution >= 0.6 is 24.0 Å². The van der Waals surface area contributed by atoms with Crippen LogP contribution in [0.15, 0.2) is 34.0 Å². The van der Waals surface area contributed by atoms with Crippen molar-refractivity contribution in [1.82, 2.24) is 9.47 Å². The fourth-order valence-corrected chi connectivity index (χ4v) is 6.13. The lowest BCUT2D eigenvalue weighted by Gasteiger charge is -2.39. The summed E-state index contributed by atoms with van der Waals surface area (Å²) in [5, 5.41) is 9.80. The first-order valence-electron chi connectivity index (χ1n) is 12.5. The smallest absolute Gasteiger partial charge is 0.270 e. The molecule has 0 spiro atoms. The minimum Gasteiger partial charge on any atom is -0.385 e. The number of benzene rings is 1. The SMILES string of the molecule is CCn1c(N2CCN(c3ccccc3F)CC2)c(/C=C2\SC(=S)N(CCCOC)C2=O)c(C)c(C#N)c1=O. The molecule has 0 saturated carbocycles. The first-order chi connectivity index (χ1) is 18.3. The number of aromatic nitrogens is 1. The third kappa shape index (κ3) is 5.34. The lowest BCUT2D eigenvalue weighted by atomic mass is 10.0. The van der Waals surface area contributed by atoms with Crippen molar-refractivity contribution in [2.75, 3.05) is 56.2 Å². The minimum atomic E-state index is -0.358. The molecule has 1 aromatic heterocycles. The Hall–Kier alpha value is -3.20. The molecule has 38 heavy (non-hydrogen) atoms. The van der Waals surface area contributed by atoms with Crippen LogP contribution in [0.3, 0.4) is 0 Å². The maximum Gasteiger partial charge on any atom is 0.270 e. The van der Waals surface area contributed by atoms with Gasteiger partial charge in [0, 0.05) is 58.5 Å². The maximum absolute atomic E-state index is 14.4. The van der Waals surface area contributed by atoms with Gasteiger partial charge in [-0.15, -0.1) is 0 Å². The Morgan fingerprint density at radius 1 is 1.18 bits per heavy atom. The van der Waals surface area contributed by atoms with Gasteiger partial charge in [0.1, 0.15) is 27.6 Å². The van der Waals surface area contributed by atoms with Crippen LogP contribution in [0, 0.1) is 24.1 Å². The van der Waals surface area contributed by atoms with Crippen LogP contribution in [0.2, 0.25) is 0 Å². The fraction of sp³-hybridized carbons (Fsp3) is 0.407. The van der Waals surface area contributed by atoms with Gasteiger partial charge in [-0.05, 0) is 44.0 Å². The molecular weight excluding hydrogens is 525 g/mol. The van der Waals surface area contributed by atoms with E-state index in [4.69, 9.17) is 17.0 Å². The van der Waals surface area contributed by atoms with Gasteiger partial charge in [0.15, 0.2) is 0 Å². The first-order valence-corrected chi connectivity index (χ1v) is 13.7. The Morgan fingerprint density at radius 3 is 2.50 bits per heavy atom. The Labute approximate surface area is 231 Å². The maximum atomic E-state index is 14.4. The van der Waals surface area contributed by atoms with Crippen LogP contribution in [0.4, 0.5) is 15.9 Å². The number of para-hydroxylation sites is 1. The van der Waals surface area contributed by atoms with Crippen LogP contribution in [-0.2, 0) is 16.1 Å². The zero-order valence-corrected chi connectivity index (χ0v) is 23.3. The van der Waals surface area contributed by atoms with E-state index in [2.05, 4.69) is 11.0 Å². The van der Waals surface area contributed by atoms with E-state index in [0.29, 0.717) is 84.2 Å². The number of hydrogen-bond donors (Lipinski definition) is 0. The predicted molar refractivity (Wildman–Crippen MR) is 153 cm³/mol. The number of thioether (sulfide) groups is 1. The van der Waals surface area contributed by atoms with Crippen LogP contribution in [-0.4, -0.2) is 66.1 Å². The monoisotopic (exact) mass is 555 g/mol. The highest BCUT2D eigenvalue weighted by Gasteiger charge is 2.33. The van der Waals surface area contributed by atoms with Gasteiger partial charge in [0.2, 0.25) is 0 Å². The summed E-state index contributed by atoms with van der Waals surface area (Å²) in [6.07, 6.45) is 2.42. The lowest BCUT2D eigenvalue weighted by molar-refractivity contribution is -0.122. The van der Waals surface area contributed by atoms with Gasteiger partial charge in [0.05, 0.1) is 10.6 Å². The van der Waals surface area contributed by atoms with Gasteiger partial charge in [-0.3, -0.25) is 19.1 Å². The summed E-state index contributed by atoms with van der Waals surface area (Å²) in [6, 6.07) is 8.75. The Kier molecular flexibility index (Phi) is 8.87. The van der Waals surface area contributed by atoms with Crippen LogP contribution in [0.1, 0.15) is 30.0 Å². The van der Waals surface area contributed by atoms with Crippen LogP contribution in [0.5, 0.6) is 0 Å². The van der Waals surface area contributed by atoms with Crippen molar-refractivity contribution >= 4 is 51.8 Å². The van der Waals surface area contributed by atoms with Crippen molar-refractivity contribution in [3.63, 3.8) is 0 Å². The summed E-state index contributed by atoms with van der Waals surface area (Å²) >= 11 is 6.69. The van der Waals surface area contributed by atoms with E-state index < -0.39 is 0 Å². The second kappa shape index (κ2) is 12.1. The number of carbonyl (C=O) groups is 1. The van der Waals surface area contributed by atoms with Crippen molar-refractivity contribution in [2.45, 2.75) is 26.8 Å². The number of thiocarbonyl (C=S) groups is 1. The Balaban J connectivity index is 1.73. The second-order valence-corrected chi connectivity index (χ2v) is 10.7. The molecule has 2 saturated heterocycles. The molecule has 8 nitrogen and oxygen atoms in total. The molecule has 4 rings (SSSR count). The van der Waals surface area contributed by atoms with Crippen LogP contribution < -0.4 is 15.4 Å². The summed E-state index contributed by atoms with van der Waals surface area (Å²) in [4.78, 5) is 32.6. The van der Waals surface area contributed by atoms with E-state index in [1.165, 1.54) is 17.8 Å². The molecule has 2 aromatic rings. The number of nitriles is 1. The van der Waals surface area contributed by atoms with E-state index >= 15 is 0 Å². The number of methoxy groups -OCH3 is 1. The molecule has 1 aromatic carbocycles. The molecule has 0 atom stereocenters. The number of pyridine rings is 1. The van der Waals surface area contributed by atoms with Gasteiger partial charge in [0.25, 0.3) is 11.5 Å². The van der Waals surface area contributed by atoms with Gasteiger partial charge in [-0.1, -0.05) is 36.1 Å².